The fraction of sp³-hybridized carbons (Fsp3) is 0.667. The summed E-state index contributed by atoms with van der Waals surface area (Å²) >= 11 is 0. The Bertz CT molecular complexity index is 761. The lowest BCUT2D eigenvalue weighted by molar-refractivity contribution is -0.143. The lowest BCUT2D eigenvalue weighted by Crippen LogP contribution is -2.53. The maximum Gasteiger partial charge on any atom is 0.226 e. The average molecular weight is 399 g/mol. The molecule has 0 unspecified atom stereocenters. The van der Waals surface area contributed by atoms with E-state index < -0.39 is 0 Å². The van der Waals surface area contributed by atoms with Gasteiger partial charge in [-0.2, -0.15) is 0 Å². The van der Waals surface area contributed by atoms with Gasteiger partial charge in [0.2, 0.25) is 11.8 Å². The van der Waals surface area contributed by atoms with Crippen molar-refractivity contribution in [3.63, 3.8) is 0 Å². The normalized spacial score (nSPS) is 24.3. The molecule has 0 aliphatic carbocycles. The Morgan fingerprint density at radius 1 is 1.17 bits per heavy atom. The fourth-order valence-electron chi connectivity index (χ4n) is 5.14. The van der Waals surface area contributed by atoms with E-state index in [0.29, 0.717) is 12.8 Å². The van der Waals surface area contributed by atoms with E-state index in [9.17, 15) is 9.59 Å². The van der Waals surface area contributed by atoms with Gasteiger partial charge in [0.05, 0.1) is 12.5 Å². The first kappa shape index (κ1) is 20.4. The summed E-state index contributed by atoms with van der Waals surface area (Å²) in [6.45, 7) is 8.23. The predicted octanol–water partition coefficient (Wildman–Crippen LogP) is 3.26. The molecule has 3 fully saturated rings. The number of rotatable bonds is 4. The Morgan fingerprint density at radius 3 is 2.66 bits per heavy atom. The Labute approximate surface area is 174 Å². The SMILES string of the molecule is Cc1ccc(CC(=O)N2CCC3(CCC(=O)N(C[C@H]4CCCO4)C3)CC2)cc1C. The Hall–Kier alpha value is -1.88. The quantitative estimate of drug-likeness (QED) is 0.782. The van der Waals surface area contributed by atoms with Crippen molar-refractivity contribution in [3.8, 4) is 0 Å². The van der Waals surface area contributed by atoms with Crippen LogP contribution in [0, 0.1) is 19.3 Å². The first-order valence-corrected chi connectivity index (χ1v) is 11.2. The first-order chi connectivity index (χ1) is 13.9. The number of benzene rings is 1. The molecule has 0 saturated carbocycles. The Balaban J connectivity index is 1.32. The molecular weight excluding hydrogens is 364 g/mol. The van der Waals surface area contributed by atoms with Gasteiger partial charge in [0, 0.05) is 39.2 Å². The van der Waals surface area contributed by atoms with Crippen LogP contribution in [-0.4, -0.2) is 60.5 Å². The number of amides is 2. The Morgan fingerprint density at radius 2 is 1.97 bits per heavy atom. The van der Waals surface area contributed by atoms with Gasteiger partial charge in [-0.25, -0.2) is 0 Å². The van der Waals surface area contributed by atoms with E-state index in [1.807, 2.05) is 9.80 Å². The minimum Gasteiger partial charge on any atom is -0.376 e. The summed E-state index contributed by atoms with van der Waals surface area (Å²) in [7, 11) is 0. The second kappa shape index (κ2) is 8.47. The van der Waals surface area contributed by atoms with Crippen LogP contribution in [0.1, 0.15) is 55.2 Å². The van der Waals surface area contributed by atoms with Crippen molar-refractivity contribution in [2.24, 2.45) is 5.41 Å². The number of hydrogen-bond donors (Lipinski definition) is 0. The highest BCUT2D eigenvalue weighted by atomic mass is 16.5. The second-order valence-electron chi connectivity index (χ2n) is 9.39. The van der Waals surface area contributed by atoms with Crippen LogP contribution in [0.2, 0.25) is 0 Å². The zero-order valence-corrected chi connectivity index (χ0v) is 17.9. The molecule has 0 aromatic heterocycles. The van der Waals surface area contributed by atoms with E-state index in [0.717, 1.165) is 70.5 Å². The van der Waals surface area contributed by atoms with Crippen LogP contribution < -0.4 is 0 Å². The maximum absolute atomic E-state index is 12.8. The number of hydrogen-bond acceptors (Lipinski definition) is 3. The summed E-state index contributed by atoms with van der Waals surface area (Å²) in [5, 5.41) is 0. The fourth-order valence-corrected chi connectivity index (χ4v) is 5.14. The van der Waals surface area contributed by atoms with Gasteiger partial charge in [0.25, 0.3) is 0 Å². The van der Waals surface area contributed by atoms with Gasteiger partial charge in [-0.1, -0.05) is 18.2 Å². The highest BCUT2D eigenvalue weighted by Crippen LogP contribution is 2.40. The molecule has 0 N–H and O–H groups in total. The third-order valence-electron chi connectivity index (χ3n) is 7.30. The van der Waals surface area contributed by atoms with E-state index in [1.165, 1.54) is 11.1 Å². The molecule has 3 saturated heterocycles. The zero-order valence-electron chi connectivity index (χ0n) is 17.9. The van der Waals surface area contributed by atoms with Crippen molar-refractivity contribution >= 4 is 11.8 Å². The summed E-state index contributed by atoms with van der Waals surface area (Å²) in [4.78, 5) is 29.3. The van der Waals surface area contributed by atoms with Crippen LogP contribution in [0.3, 0.4) is 0 Å². The van der Waals surface area contributed by atoms with Crippen molar-refractivity contribution in [1.82, 2.24) is 9.80 Å². The lowest BCUT2D eigenvalue weighted by atomic mass is 9.72. The minimum absolute atomic E-state index is 0.184. The van der Waals surface area contributed by atoms with Crippen LogP contribution in [-0.2, 0) is 20.7 Å². The largest absolute Gasteiger partial charge is 0.376 e. The summed E-state index contributed by atoms with van der Waals surface area (Å²) in [5.74, 6) is 0.505. The zero-order chi connectivity index (χ0) is 20.4. The van der Waals surface area contributed by atoms with Crippen LogP contribution in [0.15, 0.2) is 18.2 Å². The first-order valence-electron chi connectivity index (χ1n) is 11.2. The van der Waals surface area contributed by atoms with Gasteiger partial charge in [-0.05, 0) is 68.1 Å². The molecule has 3 heterocycles. The van der Waals surface area contributed by atoms with Gasteiger partial charge in [-0.15, -0.1) is 0 Å². The Kier molecular flexibility index (Phi) is 5.95. The van der Waals surface area contributed by atoms with E-state index >= 15 is 0 Å². The molecule has 3 aliphatic heterocycles. The van der Waals surface area contributed by atoms with E-state index in [4.69, 9.17) is 4.74 Å². The molecule has 0 bridgehead atoms. The topological polar surface area (TPSA) is 49.9 Å². The molecule has 1 spiro atoms. The van der Waals surface area contributed by atoms with Gasteiger partial charge < -0.3 is 14.5 Å². The van der Waals surface area contributed by atoms with Crippen molar-refractivity contribution in [2.75, 3.05) is 32.8 Å². The third-order valence-corrected chi connectivity index (χ3v) is 7.30. The second-order valence-corrected chi connectivity index (χ2v) is 9.39. The molecule has 1 atom stereocenters. The average Bonchev–Trinajstić information content (AvgIpc) is 3.21. The number of carbonyl (C=O) groups is 2. The minimum atomic E-state index is 0.184. The molecule has 4 rings (SSSR count). The molecule has 3 aliphatic rings. The monoisotopic (exact) mass is 398 g/mol. The maximum atomic E-state index is 12.8. The number of aryl methyl sites for hydroxylation is 2. The van der Waals surface area contributed by atoms with E-state index in [-0.39, 0.29) is 23.3 Å². The molecule has 2 amide bonds. The number of ether oxygens (including phenoxy) is 1. The number of piperidine rings is 2. The highest BCUT2D eigenvalue weighted by molar-refractivity contribution is 5.79. The number of carbonyl (C=O) groups excluding carboxylic acids is 2. The number of likely N-dealkylation sites (tertiary alicyclic amines) is 2. The standard InChI is InChI=1S/C24H34N2O3/c1-18-5-6-20(14-19(18)2)15-23(28)25-11-9-24(10-12-25)8-7-22(27)26(17-24)16-21-4-3-13-29-21/h5-6,14,21H,3-4,7-13,15-17H2,1-2H3/t21-/m1/s1. The summed E-state index contributed by atoms with van der Waals surface area (Å²) in [5.41, 5.74) is 3.79. The molecular formula is C24H34N2O3. The lowest BCUT2D eigenvalue weighted by Gasteiger charge is -2.47. The van der Waals surface area contributed by atoms with Crippen LogP contribution in [0.4, 0.5) is 0 Å². The van der Waals surface area contributed by atoms with Crippen LogP contribution in [0.25, 0.3) is 0 Å². The summed E-state index contributed by atoms with van der Waals surface area (Å²) < 4.78 is 5.75. The van der Waals surface area contributed by atoms with E-state index in [2.05, 4.69) is 32.0 Å². The highest BCUT2D eigenvalue weighted by Gasteiger charge is 2.42. The van der Waals surface area contributed by atoms with Crippen molar-refractivity contribution in [3.05, 3.63) is 34.9 Å². The smallest absolute Gasteiger partial charge is 0.226 e. The van der Waals surface area contributed by atoms with Gasteiger partial charge >= 0.3 is 0 Å². The van der Waals surface area contributed by atoms with Gasteiger partial charge in [0.1, 0.15) is 0 Å². The van der Waals surface area contributed by atoms with Gasteiger partial charge in [0.15, 0.2) is 0 Å². The molecule has 0 radical (unpaired) electrons. The third kappa shape index (κ3) is 4.66. The molecule has 1 aromatic rings. The van der Waals surface area contributed by atoms with Crippen molar-refractivity contribution in [2.45, 2.75) is 64.9 Å². The summed E-state index contributed by atoms with van der Waals surface area (Å²) in [6.07, 6.45) is 6.48. The summed E-state index contributed by atoms with van der Waals surface area (Å²) in [6, 6.07) is 6.31. The van der Waals surface area contributed by atoms with Crippen molar-refractivity contribution in [1.29, 1.82) is 0 Å². The predicted molar refractivity (Wildman–Crippen MR) is 113 cm³/mol. The van der Waals surface area contributed by atoms with E-state index in [1.54, 1.807) is 0 Å². The van der Waals surface area contributed by atoms with Crippen molar-refractivity contribution < 1.29 is 14.3 Å². The molecule has 158 valence electrons. The van der Waals surface area contributed by atoms with Crippen LogP contribution in [0.5, 0.6) is 0 Å². The molecule has 5 heteroatoms. The van der Waals surface area contributed by atoms with Crippen LogP contribution >= 0.6 is 0 Å². The molecule has 1 aromatic carbocycles. The van der Waals surface area contributed by atoms with Gasteiger partial charge in [-0.3, -0.25) is 9.59 Å². The molecule has 29 heavy (non-hydrogen) atoms. The number of nitrogens with zero attached hydrogens (tertiary/aromatic N) is 2. The molecule has 5 nitrogen and oxygen atoms in total.